The van der Waals surface area contributed by atoms with E-state index in [4.69, 9.17) is 10.5 Å². The van der Waals surface area contributed by atoms with Crippen molar-refractivity contribution in [1.29, 1.82) is 0 Å². The quantitative estimate of drug-likeness (QED) is 0.775. The van der Waals surface area contributed by atoms with Gasteiger partial charge in [0.15, 0.2) is 0 Å². The molecular formula is C12H22N4O. The number of hydrogen-bond acceptors (Lipinski definition) is 5. The first-order valence-corrected chi connectivity index (χ1v) is 6.04. The van der Waals surface area contributed by atoms with Gasteiger partial charge in [-0.15, -0.1) is 0 Å². The molecule has 1 heterocycles. The van der Waals surface area contributed by atoms with Gasteiger partial charge < -0.3 is 15.4 Å². The summed E-state index contributed by atoms with van der Waals surface area (Å²) < 4.78 is 5.47. The zero-order chi connectivity index (χ0) is 12.7. The summed E-state index contributed by atoms with van der Waals surface area (Å²) in [7, 11) is 1.96. The van der Waals surface area contributed by atoms with E-state index in [1.807, 2.05) is 11.9 Å². The van der Waals surface area contributed by atoms with Crippen LogP contribution in [-0.2, 0) is 0 Å². The molecule has 0 amide bonds. The van der Waals surface area contributed by atoms with E-state index in [9.17, 15) is 0 Å². The molecule has 0 saturated carbocycles. The zero-order valence-electron chi connectivity index (χ0n) is 10.9. The zero-order valence-corrected chi connectivity index (χ0v) is 10.9. The van der Waals surface area contributed by atoms with E-state index in [0.717, 1.165) is 13.0 Å². The molecule has 5 heteroatoms. The minimum absolute atomic E-state index is 0.420. The molecule has 0 aliphatic heterocycles. The molecule has 1 aromatic rings. The largest absolute Gasteiger partial charge is 0.478 e. The predicted octanol–water partition coefficient (Wildman–Crippen LogP) is 1.30. The van der Waals surface area contributed by atoms with E-state index in [-0.39, 0.29) is 0 Å². The van der Waals surface area contributed by atoms with Gasteiger partial charge in [-0.1, -0.05) is 13.8 Å². The van der Waals surface area contributed by atoms with Gasteiger partial charge in [0.2, 0.25) is 11.8 Å². The van der Waals surface area contributed by atoms with Crippen molar-refractivity contribution in [3.05, 3.63) is 12.3 Å². The average molecular weight is 238 g/mol. The molecule has 1 rings (SSSR count). The van der Waals surface area contributed by atoms with E-state index in [1.165, 1.54) is 0 Å². The van der Waals surface area contributed by atoms with Crippen LogP contribution in [0.25, 0.3) is 0 Å². The summed E-state index contributed by atoms with van der Waals surface area (Å²) in [6, 6.07) is 1.78. The fourth-order valence-electron chi connectivity index (χ4n) is 1.43. The van der Waals surface area contributed by atoms with Gasteiger partial charge in [-0.3, -0.25) is 0 Å². The Kier molecular flexibility index (Phi) is 5.69. The van der Waals surface area contributed by atoms with Crippen molar-refractivity contribution in [3.63, 3.8) is 0 Å². The molecular weight excluding hydrogens is 216 g/mol. The minimum atomic E-state index is 0.420. The SMILES string of the molecule is CCCOc1ccnc(N(C)CC(C)CN)n1. The van der Waals surface area contributed by atoms with Crippen molar-refractivity contribution >= 4 is 5.95 Å². The molecule has 17 heavy (non-hydrogen) atoms. The number of anilines is 1. The fourth-order valence-corrected chi connectivity index (χ4v) is 1.43. The Morgan fingerprint density at radius 3 is 2.94 bits per heavy atom. The number of rotatable bonds is 7. The molecule has 1 atom stereocenters. The number of nitrogens with two attached hydrogens (primary N) is 1. The summed E-state index contributed by atoms with van der Waals surface area (Å²) in [5, 5.41) is 0. The monoisotopic (exact) mass is 238 g/mol. The first-order valence-electron chi connectivity index (χ1n) is 6.04. The van der Waals surface area contributed by atoms with E-state index in [0.29, 0.717) is 30.9 Å². The molecule has 0 aliphatic carbocycles. The van der Waals surface area contributed by atoms with Crippen molar-refractivity contribution in [1.82, 2.24) is 9.97 Å². The Morgan fingerprint density at radius 1 is 1.53 bits per heavy atom. The van der Waals surface area contributed by atoms with Crippen LogP contribution in [0.3, 0.4) is 0 Å². The van der Waals surface area contributed by atoms with Crippen LogP contribution in [0, 0.1) is 5.92 Å². The van der Waals surface area contributed by atoms with E-state index < -0.39 is 0 Å². The molecule has 5 nitrogen and oxygen atoms in total. The number of ether oxygens (including phenoxy) is 1. The molecule has 0 fully saturated rings. The van der Waals surface area contributed by atoms with Crippen LogP contribution in [0.1, 0.15) is 20.3 Å². The van der Waals surface area contributed by atoms with Crippen LogP contribution in [-0.4, -0.2) is 36.7 Å². The first-order chi connectivity index (χ1) is 8.17. The number of aromatic nitrogens is 2. The van der Waals surface area contributed by atoms with Crippen LogP contribution in [0.15, 0.2) is 12.3 Å². The summed E-state index contributed by atoms with van der Waals surface area (Å²) in [5.74, 6) is 1.73. The molecule has 0 bridgehead atoms. The van der Waals surface area contributed by atoms with Crippen molar-refractivity contribution in [2.45, 2.75) is 20.3 Å². The van der Waals surface area contributed by atoms with Gasteiger partial charge in [-0.05, 0) is 18.9 Å². The second kappa shape index (κ2) is 7.06. The van der Waals surface area contributed by atoms with Crippen molar-refractivity contribution in [3.8, 4) is 5.88 Å². The smallest absolute Gasteiger partial charge is 0.228 e. The van der Waals surface area contributed by atoms with Gasteiger partial charge in [-0.2, -0.15) is 4.98 Å². The fraction of sp³-hybridized carbons (Fsp3) is 0.667. The van der Waals surface area contributed by atoms with Crippen LogP contribution < -0.4 is 15.4 Å². The lowest BCUT2D eigenvalue weighted by atomic mass is 10.2. The number of nitrogens with zero attached hydrogens (tertiary/aromatic N) is 3. The van der Waals surface area contributed by atoms with Crippen LogP contribution in [0.5, 0.6) is 5.88 Å². The van der Waals surface area contributed by atoms with Gasteiger partial charge in [0.1, 0.15) is 0 Å². The highest BCUT2D eigenvalue weighted by Gasteiger charge is 2.09. The molecule has 2 N–H and O–H groups in total. The lowest BCUT2D eigenvalue weighted by molar-refractivity contribution is 0.304. The van der Waals surface area contributed by atoms with Crippen LogP contribution in [0.2, 0.25) is 0 Å². The second-order valence-electron chi connectivity index (χ2n) is 4.26. The lowest BCUT2D eigenvalue weighted by Gasteiger charge is -2.20. The standard InChI is InChI=1S/C12H22N4O/c1-4-7-17-11-5-6-14-12(15-11)16(3)9-10(2)8-13/h5-6,10H,4,7-9,13H2,1-3H3. The molecule has 1 unspecified atom stereocenters. The normalized spacial score (nSPS) is 12.2. The Labute approximate surface area is 103 Å². The maximum atomic E-state index is 5.60. The van der Waals surface area contributed by atoms with E-state index in [1.54, 1.807) is 12.3 Å². The van der Waals surface area contributed by atoms with Crippen LogP contribution >= 0.6 is 0 Å². The Hall–Kier alpha value is -1.36. The first kappa shape index (κ1) is 13.7. The Bertz CT molecular complexity index is 332. The van der Waals surface area contributed by atoms with Crippen molar-refractivity contribution in [2.24, 2.45) is 11.7 Å². The van der Waals surface area contributed by atoms with Gasteiger partial charge in [0.05, 0.1) is 6.61 Å². The lowest BCUT2D eigenvalue weighted by Crippen LogP contribution is -2.29. The van der Waals surface area contributed by atoms with Gasteiger partial charge in [0, 0.05) is 25.9 Å². The third-order valence-corrected chi connectivity index (χ3v) is 2.40. The molecule has 96 valence electrons. The molecule has 0 spiro atoms. The average Bonchev–Trinajstić information content (AvgIpc) is 2.36. The van der Waals surface area contributed by atoms with Gasteiger partial charge >= 0.3 is 0 Å². The third-order valence-electron chi connectivity index (χ3n) is 2.40. The van der Waals surface area contributed by atoms with E-state index in [2.05, 4.69) is 23.8 Å². The van der Waals surface area contributed by atoms with Gasteiger partial charge in [-0.25, -0.2) is 4.98 Å². The molecule has 0 aromatic carbocycles. The summed E-state index contributed by atoms with van der Waals surface area (Å²) in [6.45, 7) is 6.36. The highest BCUT2D eigenvalue weighted by molar-refractivity contribution is 5.30. The maximum absolute atomic E-state index is 5.60. The Balaban J connectivity index is 2.63. The van der Waals surface area contributed by atoms with E-state index >= 15 is 0 Å². The molecule has 0 radical (unpaired) electrons. The van der Waals surface area contributed by atoms with Crippen molar-refractivity contribution < 1.29 is 4.74 Å². The maximum Gasteiger partial charge on any atom is 0.228 e. The second-order valence-corrected chi connectivity index (χ2v) is 4.26. The summed E-state index contributed by atoms with van der Waals surface area (Å²) in [4.78, 5) is 10.6. The molecule has 1 aromatic heterocycles. The summed E-state index contributed by atoms with van der Waals surface area (Å²) >= 11 is 0. The van der Waals surface area contributed by atoms with Crippen LogP contribution in [0.4, 0.5) is 5.95 Å². The molecule has 0 aliphatic rings. The Morgan fingerprint density at radius 2 is 2.29 bits per heavy atom. The minimum Gasteiger partial charge on any atom is -0.478 e. The highest BCUT2D eigenvalue weighted by Crippen LogP contribution is 2.12. The predicted molar refractivity (Wildman–Crippen MR) is 69.3 cm³/mol. The van der Waals surface area contributed by atoms with Gasteiger partial charge in [0.25, 0.3) is 0 Å². The summed E-state index contributed by atoms with van der Waals surface area (Å²) in [5.41, 5.74) is 5.60. The summed E-state index contributed by atoms with van der Waals surface area (Å²) in [6.07, 6.45) is 2.69. The third kappa shape index (κ3) is 4.56. The number of hydrogen-bond donors (Lipinski definition) is 1. The topological polar surface area (TPSA) is 64.3 Å². The molecule has 0 saturated heterocycles. The van der Waals surface area contributed by atoms with Crippen molar-refractivity contribution in [2.75, 3.05) is 31.6 Å². The highest BCUT2D eigenvalue weighted by atomic mass is 16.5.